The van der Waals surface area contributed by atoms with E-state index in [1.54, 1.807) is 0 Å². The van der Waals surface area contributed by atoms with Crippen molar-refractivity contribution in [2.24, 2.45) is 5.92 Å². The van der Waals surface area contributed by atoms with Gasteiger partial charge in [-0.1, -0.05) is 13.8 Å². The maximum atomic E-state index is 11.6. The Kier molecular flexibility index (Phi) is 5.69. The number of carbonyl (C=O) groups is 1. The molecular formula is C12H24N2O. The first-order chi connectivity index (χ1) is 7.20. The highest BCUT2D eigenvalue weighted by Gasteiger charge is 2.16. The second-order valence-electron chi connectivity index (χ2n) is 4.77. The predicted octanol–water partition coefficient (Wildman–Crippen LogP) is 1.63. The summed E-state index contributed by atoms with van der Waals surface area (Å²) in [6.07, 6.45) is 4.23. The lowest BCUT2D eigenvalue weighted by atomic mass is 10.1. The molecule has 1 rings (SSSR count). The molecule has 88 valence electrons. The predicted molar refractivity (Wildman–Crippen MR) is 62.8 cm³/mol. The topological polar surface area (TPSA) is 32.3 Å². The van der Waals surface area contributed by atoms with Crippen LogP contribution in [0.1, 0.15) is 39.5 Å². The summed E-state index contributed by atoms with van der Waals surface area (Å²) in [5, 5.41) is 3.32. The zero-order valence-electron chi connectivity index (χ0n) is 10.1. The Morgan fingerprint density at radius 3 is 2.53 bits per heavy atom. The summed E-state index contributed by atoms with van der Waals surface area (Å²) < 4.78 is 0. The highest BCUT2D eigenvalue weighted by Crippen LogP contribution is 2.08. The molecule has 15 heavy (non-hydrogen) atoms. The molecule has 0 aliphatic carbocycles. The smallest absolute Gasteiger partial charge is 0.223 e. The van der Waals surface area contributed by atoms with Gasteiger partial charge in [-0.25, -0.2) is 0 Å². The van der Waals surface area contributed by atoms with Crippen LogP contribution < -0.4 is 5.32 Å². The number of nitrogens with zero attached hydrogens (tertiary/aromatic N) is 1. The second-order valence-corrected chi connectivity index (χ2v) is 4.77. The first kappa shape index (κ1) is 12.5. The lowest BCUT2D eigenvalue weighted by molar-refractivity contribution is -0.130. The summed E-state index contributed by atoms with van der Waals surface area (Å²) in [4.78, 5) is 13.6. The summed E-state index contributed by atoms with van der Waals surface area (Å²) in [6.45, 7) is 8.26. The summed E-state index contributed by atoms with van der Waals surface area (Å²) in [7, 11) is 0. The molecule has 0 spiro atoms. The van der Waals surface area contributed by atoms with Crippen LogP contribution in [0.2, 0.25) is 0 Å². The SMILES string of the molecule is CC(C)CCNCCC(=O)N1CCCC1. The third kappa shape index (κ3) is 5.17. The first-order valence-corrected chi connectivity index (χ1v) is 6.18. The molecular weight excluding hydrogens is 188 g/mol. The molecule has 0 aromatic rings. The fraction of sp³-hybridized carbons (Fsp3) is 0.917. The number of nitrogens with one attached hydrogen (secondary N) is 1. The normalized spacial score (nSPS) is 16.3. The van der Waals surface area contributed by atoms with E-state index in [0.29, 0.717) is 12.3 Å². The summed E-state index contributed by atoms with van der Waals surface area (Å²) >= 11 is 0. The van der Waals surface area contributed by atoms with Crippen molar-refractivity contribution in [2.45, 2.75) is 39.5 Å². The lowest BCUT2D eigenvalue weighted by Crippen LogP contribution is -2.31. The molecule has 1 aliphatic heterocycles. The van der Waals surface area contributed by atoms with E-state index in [1.165, 1.54) is 19.3 Å². The minimum absolute atomic E-state index is 0.324. The molecule has 3 nitrogen and oxygen atoms in total. The average Bonchev–Trinajstić information content (AvgIpc) is 2.69. The van der Waals surface area contributed by atoms with Crippen LogP contribution in [-0.4, -0.2) is 37.0 Å². The largest absolute Gasteiger partial charge is 0.343 e. The van der Waals surface area contributed by atoms with Gasteiger partial charge in [0.1, 0.15) is 0 Å². The molecule has 0 radical (unpaired) electrons. The molecule has 1 aliphatic rings. The van der Waals surface area contributed by atoms with E-state index >= 15 is 0 Å². The van der Waals surface area contributed by atoms with Crippen molar-refractivity contribution < 1.29 is 4.79 Å². The van der Waals surface area contributed by atoms with Crippen LogP contribution in [-0.2, 0) is 4.79 Å². The Bertz CT molecular complexity index is 186. The highest BCUT2D eigenvalue weighted by molar-refractivity contribution is 5.76. The molecule has 1 saturated heterocycles. The molecule has 1 fully saturated rings. The van der Waals surface area contributed by atoms with Gasteiger partial charge in [0.15, 0.2) is 0 Å². The summed E-state index contributed by atoms with van der Waals surface area (Å²) in [6, 6.07) is 0. The quantitative estimate of drug-likeness (QED) is 0.679. The number of carbonyl (C=O) groups excluding carboxylic acids is 1. The van der Waals surface area contributed by atoms with Gasteiger partial charge in [-0.15, -0.1) is 0 Å². The Hall–Kier alpha value is -0.570. The van der Waals surface area contributed by atoms with Gasteiger partial charge in [-0.3, -0.25) is 4.79 Å². The monoisotopic (exact) mass is 212 g/mol. The van der Waals surface area contributed by atoms with Crippen molar-refractivity contribution in [3.63, 3.8) is 0 Å². The first-order valence-electron chi connectivity index (χ1n) is 6.18. The van der Waals surface area contributed by atoms with E-state index in [0.717, 1.165) is 32.1 Å². The maximum Gasteiger partial charge on any atom is 0.223 e. The molecule has 1 amide bonds. The van der Waals surface area contributed by atoms with Gasteiger partial charge in [0.25, 0.3) is 0 Å². The third-order valence-corrected chi connectivity index (χ3v) is 2.87. The minimum Gasteiger partial charge on any atom is -0.343 e. The van der Waals surface area contributed by atoms with Gasteiger partial charge in [-0.05, 0) is 31.7 Å². The second kappa shape index (κ2) is 6.83. The zero-order valence-corrected chi connectivity index (χ0v) is 10.1. The van der Waals surface area contributed by atoms with Crippen LogP contribution in [0.5, 0.6) is 0 Å². The Labute approximate surface area is 93.2 Å². The van der Waals surface area contributed by atoms with E-state index in [-0.39, 0.29) is 0 Å². The van der Waals surface area contributed by atoms with Crippen LogP contribution in [0, 0.1) is 5.92 Å². The Balaban J connectivity index is 1.97. The summed E-state index contributed by atoms with van der Waals surface area (Å²) in [5.74, 6) is 1.07. The molecule has 0 aromatic carbocycles. The molecule has 0 atom stereocenters. The number of likely N-dealkylation sites (tertiary alicyclic amines) is 1. The third-order valence-electron chi connectivity index (χ3n) is 2.87. The van der Waals surface area contributed by atoms with E-state index < -0.39 is 0 Å². The van der Waals surface area contributed by atoms with Crippen LogP contribution in [0.3, 0.4) is 0 Å². The Morgan fingerprint density at radius 2 is 1.93 bits per heavy atom. The number of rotatable bonds is 6. The minimum atomic E-state index is 0.324. The van der Waals surface area contributed by atoms with Gasteiger partial charge in [0, 0.05) is 26.1 Å². The molecule has 0 saturated carbocycles. The fourth-order valence-electron chi connectivity index (χ4n) is 1.84. The van der Waals surface area contributed by atoms with Crippen LogP contribution in [0.25, 0.3) is 0 Å². The summed E-state index contributed by atoms with van der Waals surface area (Å²) in [5.41, 5.74) is 0. The molecule has 0 bridgehead atoms. The van der Waals surface area contributed by atoms with Gasteiger partial charge in [-0.2, -0.15) is 0 Å². The molecule has 1 N–H and O–H groups in total. The fourth-order valence-corrected chi connectivity index (χ4v) is 1.84. The number of amides is 1. The maximum absolute atomic E-state index is 11.6. The standard InChI is InChI=1S/C12H24N2O/c1-11(2)5-7-13-8-6-12(15)14-9-3-4-10-14/h11,13H,3-10H2,1-2H3. The van der Waals surface area contributed by atoms with Gasteiger partial charge in [0.2, 0.25) is 5.91 Å². The van der Waals surface area contributed by atoms with Gasteiger partial charge >= 0.3 is 0 Å². The van der Waals surface area contributed by atoms with Crippen molar-refractivity contribution in [3.05, 3.63) is 0 Å². The van der Waals surface area contributed by atoms with Crippen LogP contribution >= 0.6 is 0 Å². The van der Waals surface area contributed by atoms with Crippen molar-refractivity contribution in [2.75, 3.05) is 26.2 Å². The van der Waals surface area contributed by atoms with Crippen molar-refractivity contribution in [1.29, 1.82) is 0 Å². The zero-order chi connectivity index (χ0) is 11.1. The van der Waals surface area contributed by atoms with Crippen LogP contribution in [0.15, 0.2) is 0 Å². The van der Waals surface area contributed by atoms with Crippen LogP contribution in [0.4, 0.5) is 0 Å². The average molecular weight is 212 g/mol. The number of hydrogen-bond acceptors (Lipinski definition) is 2. The van der Waals surface area contributed by atoms with Gasteiger partial charge < -0.3 is 10.2 Å². The highest BCUT2D eigenvalue weighted by atomic mass is 16.2. The van der Waals surface area contributed by atoms with E-state index in [1.807, 2.05) is 4.90 Å². The van der Waals surface area contributed by atoms with Gasteiger partial charge in [0.05, 0.1) is 0 Å². The van der Waals surface area contributed by atoms with Crippen molar-refractivity contribution in [1.82, 2.24) is 10.2 Å². The van der Waals surface area contributed by atoms with Crippen molar-refractivity contribution >= 4 is 5.91 Å². The van der Waals surface area contributed by atoms with Crippen molar-refractivity contribution in [3.8, 4) is 0 Å². The molecule has 0 aromatic heterocycles. The number of hydrogen-bond donors (Lipinski definition) is 1. The Morgan fingerprint density at radius 1 is 1.27 bits per heavy atom. The molecule has 1 heterocycles. The van der Waals surface area contributed by atoms with E-state index in [2.05, 4.69) is 19.2 Å². The molecule has 3 heteroatoms. The lowest BCUT2D eigenvalue weighted by Gasteiger charge is -2.15. The van der Waals surface area contributed by atoms with E-state index in [9.17, 15) is 4.79 Å². The van der Waals surface area contributed by atoms with E-state index in [4.69, 9.17) is 0 Å². The molecule has 0 unspecified atom stereocenters.